The number of nitrogens with one attached hydrogen (secondary N) is 1. The van der Waals surface area contributed by atoms with Crippen LogP contribution >= 0.6 is 11.3 Å². The Morgan fingerprint density at radius 3 is 2.69 bits per heavy atom. The van der Waals surface area contributed by atoms with E-state index in [0.717, 1.165) is 22.5 Å². The number of rotatable bonds is 8. The number of aryl methyl sites for hydroxylation is 1. The molecule has 0 bridgehead atoms. The van der Waals surface area contributed by atoms with Crippen LogP contribution in [-0.4, -0.2) is 32.1 Å². The predicted octanol–water partition coefficient (Wildman–Crippen LogP) is 4.01. The van der Waals surface area contributed by atoms with Crippen molar-refractivity contribution in [3.63, 3.8) is 0 Å². The standard InChI is InChI=1S/C22H22FNO4S/c1-14-6-3-4-7-15(14)10-11-24-19(25)13-28-22(26)21-16(12-27-2)20-17(23)8-5-9-18(20)29-21/h3-9H,10-13H2,1-2H3,(H,24,25). The molecule has 0 saturated heterocycles. The molecule has 1 aromatic heterocycles. The van der Waals surface area contributed by atoms with Gasteiger partial charge in [-0.05, 0) is 36.6 Å². The van der Waals surface area contributed by atoms with Crippen LogP contribution in [0.5, 0.6) is 0 Å². The van der Waals surface area contributed by atoms with E-state index in [1.54, 1.807) is 12.1 Å². The SMILES string of the molecule is COCc1c(C(=O)OCC(=O)NCCc2ccccc2C)sc2cccc(F)c12. The molecule has 29 heavy (non-hydrogen) atoms. The van der Waals surface area contributed by atoms with E-state index in [9.17, 15) is 14.0 Å². The Morgan fingerprint density at radius 2 is 1.93 bits per heavy atom. The number of thiophene rings is 1. The van der Waals surface area contributed by atoms with Crippen LogP contribution in [0.1, 0.15) is 26.4 Å². The summed E-state index contributed by atoms with van der Waals surface area (Å²) in [7, 11) is 1.47. The summed E-state index contributed by atoms with van der Waals surface area (Å²) in [6.07, 6.45) is 0.694. The van der Waals surface area contributed by atoms with Crippen LogP contribution in [0.3, 0.4) is 0 Å². The Labute approximate surface area is 172 Å². The number of ether oxygens (including phenoxy) is 2. The van der Waals surface area contributed by atoms with E-state index in [1.807, 2.05) is 31.2 Å². The Bertz CT molecular complexity index is 1030. The molecule has 0 saturated carbocycles. The molecule has 0 aliphatic rings. The zero-order valence-electron chi connectivity index (χ0n) is 16.3. The molecule has 0 spiro atoms. The van der Waals surface area contributed by atoms with Gasteiger partial charge in [-0.25, -0.2) is 9.18 Å². The summed E-state index contributed by atoms with van der Waals surface area (Å²) in [5, 5.41) is 3.10. The second kappa shape index (κ2) is 9.62. The molecule has 2 aromatic carbocycles. The van der Waals surface area contributed by atoms with Gasteiger partial charge >= 0.3 is 5.97 Å². The maximum atomic E-state index is 14.2. The molecule has 7 heteroatoms. The van der Waals surface area contributed by atoms with Crippen LogP contribution < -0.4 is 5.32 Å². The number of amides is 1. The minimum atomic E-state index is -0.660. The quantitative estimate of drug-likeness (QED) is 0.565. The molecule has 0 aliphatic carbocycles. The molecule has 0 atom stereocenters. The van der Waals surface area contributed by atoms with E-state index in [2.05, 4.69) is 5.32 Å². The molecule has 3 aromatic rings. The number of benzene rings is 2. The number of hydrogen-bond donors (Lipinski definition) is 1. The van der Waals surface area contributed by atoms with Gasteiger partial charge in [0.25, 0.3) is 5.91 Å². The van der Waals surface area contributed by atoms with Gasteiger partial charge in [-0.3, -0.25) is 4.79 Å². The Morgan fingerprint density at radius 1 is 1.14 bits per heavy atom. The van der Waals surface area contributed by atoms with Crippen molar-refractivity contribution in [2.75, 3.05) is 20.3 Å². The monoisotopic (exact) mass is 415 g/mol. The van der Waals surface area contributed by atoms with E-state index in [-0.39, 0.29) is 17.4 Å². The highest BCUT2D eigenvalue weighted by Gasteiger charge is 2.22. The smallest absolute Gasteiger partial charge is 0.349 e. The van der Waals surface area contributed by atoms with Gasteiger partial charge in [-0.1, -0.05) is 30.3 Å². The molecule has 0 fully saturated rings. The van der Waals surface area contributed by atoms with Gasteiger partial charge in [-0.15, -0.1) is 11.3 Å². The maximum Gasteiger partial charge on any atom is 0.349 e. The van der Waals surface area contributed by atoms with Crippen LogP contribution in [0.4, 0.5) is 4.39 Å². The van der Waals surface area contributed by atoms with Gasteiger partial charge in [0.15, 0.2) is 6.61 Å². The second-order valence-corrected chi connectivity index (χ2v) is 7.61. The van der Waals surface area contributed by atoms with Gasteiger partial charge in [0.1, 0.15) is 10.7 Å². The van der Waals surface area contributed by atoms with Crippen molar-refractivity contribution in [1.29, 1.82) is 0 Å². The van der Waals surface area contributed by atoms with Gasteiger partial charge in [0.05, 0.1) is 6.61 Å². The number of methoxy groups -OCH3 is 1. The lowest BCUT2D eigenvalue weighted by atomic mass is 10.1. The number of carbonyl (C=O) groups excluding carboxylic acids is 2. The number of halogens is 1. The average molecular weight is 415 g/mol. The highest BCUT2D eigenvalue weighted by molar-refractivity contribution is 7.21. The molecule has 5 nitrogen and oxygen atoms in total. The molecule has 0 aliphatic heterocycles. The van der Waals surface area contributed by atoms with E-state index in [0.29, 0.717) is 28.6 Å². The first-order valence-electron chi connectivity index (χ1n) is 9.18. The number of esters is 1. The van der Waals surface area contributed by atoms with Crippen molar-refractivity contribution >= 4 is 33.3 Å². The zero-order chi connectivity index (χ0) is 20.8. The van der Waals surface area contributed by atoms with Gasteiger partial charge in [-0.2, -0.15) is 0 Å². The maximum absolute atomic E-state index is 14.2. The first-order chi connectivity index (χ1) is 14.0. The molecular weight excluding hydrogens is 393 g/mol. The number of fused-ring (bicyclic) bond motifs is 1. The number of carbonyl (C=O) groups is 2. The second-order valence-electron chi connectivity index (χ2n) is 6.56. The fourth-order valence-electron chi connectivity index (χ4n) is 3.09. The summed E-state index contributed by atoms with van der Waals surface area (Å²) in [5.41, 5.74) is 2.76. The Balaban J connectivity index is 1.59. The van der Waals surface area contributed by atoms with Gasteiger partial charge < -0.3 is 14.8 Å². The highest BCUT2D eigenvalue weighted by atomic mass is 32.1. The van der Waals surface area contributed by atoms with Crippen LogP contribution in [0.2, 0.25) is 0 Å². The molecular formula is C22H22FNO4S. The lowest BCUT2D eigenvalue weighted by Gasteiger charge is -2.08. The summed E-state index contributed by atoms with van der Waals surface area (Å²) < 4.78 is 25.1. The minimum absolute atomic E-state index is 0.0774. The zero-order valence-corrected chi connectivity index (χ0v) is 17.1. The lowest BCUT2D eigenvalue weighted by molar-refractivity contribution is -0.124. The van der Waals surface area contributed by atoms with Gasteiger partial charge in [0, 0.05) is 29.3 Å². The summed E-state index contributed by atoms with van der Waals surface area (Å²) in [6.45, 7) is 2.15. The first kappa shape index (κ1) is 21.0. The van der Waals surface area contributed by atoms with Crippen LogP contribution in [0, 0.1) is 12.7 Å². The van der Waals surface area contributed by atoms with Crippen molar-refractivity contribution in [2.45, 2.75) is 20.0 Å². The molecule has 1 heterocycles. The van der Waals surface area contributed by atoms with Crippen molar-refractivity contribution in [1.82, 2.24) is 5.32 Å². The van der Waals surface area contributed by atoms with E-state index < -0.39 is 18.4 Å². The predicted molar refractivity (Wildman–Crippen MR) is 111 cm³/mol. The largest absolute Gasteiger partial charge is 0.451 e. The summed E-state index contributed by atoms with van der Waals surface area (Å²) in [5.74, 6) is -1.46. The Kier molecular flexibility index (Phi) is 6.95. The highest BCUT2D eigenvalue weighted by Crippen LogP contribution is 2.34. The van der Waals surface area contributed by atoms with Crippen molar-refractivity contribution in [3.05, 3.63) is 69.8 Å². The third-order valence-corrected chi connectivity index (χ3v) is 5.73. The third kappa shape index (κ3) is 4.99. The van der Waals surface area contributed by atoms with Crippen LogP contribution in [0.15, 0.2) is 42.5 Å². The molecule has 0 unspecified atom stereocenters. The van der Waals surface area contributed by atoms with E-state index in [4.69, 9.17) is 9.47 Å². The lowest BCUT2D eigenvalue weighted by Crippen LogP contribution is -2.30. The first-order valence-corrected chi connectivity index (χ1v) is 10.00. The molecule has 1 N–H and O–H groups in total. The third-order valence-electron chi connectivity index (χ3n) is 4.55. The van der Waals surface area contributed by atoms with Crippen LogP contribution in [0.25, 0.3) is 10.1 Å². The fourth-order valence-corrected chi connectivity index (χ4v) is 4.20. The fraction of sp³-hybridized carbons (Fsp3) is 0.273. The topological polar surface area (TPSA) is 64.6 Å². The normalized spacial score (nSPS) is 10.9. The minimum Gasteiger partial charge on any atom is -0.451 e. The molecule has 3 rings (SSSR count). The molecule has 152 valence electrons. The molecule has 1 amide bonds. The Hall–Kier alpha value is -2.77. The van der Waals surface area contributed by atoms with Crippen molar-refractivity contribution < 1.29 is 23.5 Å². The van der Waals surface area contributed by atoms with E-state index >= 15 is 0 Å². The summed E-state index contributed by atoms with van der Waals surface area (Å²) in [4.78, 5) is 24.8. The number of hydrogen-bond acceptors (Lipinski definition) is 5. The van der Waals surface area contributed by atoms with Crippen molar-refractivity contribution in [3.8, 4) is 0 Å². The van der Waals surface area contributed by atoms with Gasteiger partial charge in [0.2, 0.25) is 0 Å². The molecule has 0 radical (unpaired) electrons. The summed E-state index contributed by atoms with van der Waals surface area (Å²) in [6, 6.07) is 12.6. The summed E-state index contributed by atoms with van der Waals surface area (Å²) >= 11 is 1.13. The average Bonchev–Trinajstić information content (AvgIpc) is 3.08. The van der Waals surface area contributed by atoms with Crippen molar-refractivity contribution in [2.24, 2.45) is 0 Å². The van der Waals surface area contributed by atoms with E-state index in [1.165, 1.54) is 13.2 Å². The van der Waals surface area contributed by atoms with Crippen LogP contribution in [-0.2, 0) is 27.3 Å².